The molecule has 0 atom stereocenters. The maximum absolute atomic E-state index is 13.7. The fourth-order valence-electron chi connectivity index (χ4n) is 2.81. The fraction of sp³-hybridized carbons (Fsp3) is 0.0526. The number of hydrogen-bond acceptors (Lipinski definition) is 4. The summed E-state index contributed by atoms with van der Waals surface area (Å²) in [5.74, 6) is 0.139. The second kappa shape index (κ2) is 6.18. The van der Waals surface area contributed by atoms with Crippen molar-refractivity contribution in [2.24, 2.45) is 0 Å². The number of para-hydroxylation sites is 1. The highest BCUT2D eigenvalue weighted by Crippen LogP contribution is 2.39. The van der Waals surface area contributed by atoms with Crippen molar-refractivity contribution in [3.05, 3.63) is 65.7 Å². The van der Waals surface area contributed by atoms with E-state index in [0.29, 0.717) is 27.6 Å². The number of rotatable bonds is 3. The van der Waals surface area contributed by atoms with E-state index in [1.807, 2.05) is 18.2 Å². The average Bonchev–Trinajstić information content (AvgIpc) is 3.06. The van der Waals surface area contributed by atoms with Crippen LogP contribution in [0.3, 0.4) is 0 Å². The molecule has 0 radical (unpaired) electrons. The Labute approximate surface area is 147 Å². The normalized spacial score (nSPS) is 11.0. The predicted octanol–water partition coefficient (Wildman–Crippen LogP) is 5.36. The molecule has 0 aliphatic rings. The standard InChI is InChI=1S/C19H12ClFN2O2/c1-24-17-6-5-11(21)9-14(17)18-13-4-2-3-12(19(13)25-23-18)15-10-22-8-7-16(15)20/h2-10H,1H3. The molecule has 0 aliphatic carbocycles. The van der Waals surface area contributed by atoms with Crippen LogP contribution >= 0.6 is 11.6 Å². The molecule has 2 aromatic carbocycles. The molecule has 6 heteroatoms. The average molecular weight is 355 g/mol. The largest absolute Gasteiger partial charge is 0.496 e. The SMILES string of the molecule is COc1ccc(F)cc1-c1noc2c(-c3cnccc3Cl)cccc12. The van der Waals surface area contributed by atoms with Crippen molar-refractivity contribution in [1.29, 1.82) is 0 Å². The highest BCUT2D eigenvalue weighted by atomic mass is 35.5. The van der Waals surface area contributed by atoms with Gasteiger partial charge in [0, 0.05) is 29.1 Å². The van der Waals surface area contributed by atoms with Gasteiger partial charge in [0.05, 0.1) is 17.5 Å². The van der Waals surface area contributed by atoms with Gasteiger partial charge in [0.1, 0.15) is 17.3 Å². The zero-order valence-electron chi connectivity index (χ0n) is 13.2. The van der Waals surface area contributed by atoms with Crippen LogP contribution in [0.25, 0.3) is 33.4 Å². The van der Waals surface area contributed by atoms with E-state index in [0.717, 1.165) is 16.5 Å². The lowest BCUT2D eigenvalue weighted by Gasteiger charge is -2.06. The van der Waals surface area contributed by atoms with Crippen LogP contribution in [0.4, 0.5) is 4.39 Å². The van der Waals surface area contributed by atoms with E-state index in [2.05, 4.69) is 10.1 Å². The van der Waals surface area contributed by atoms with Crippen molar-refractivity contribution in [2.75, 3.05) is 7.11 Å². The Kier molecular flexibility index (Phi) is 3.86. The zero-order chi connectivity index (χ0) is 17.4. The molecule has 25 heavy (non-hydrogen) atoms. The molecular formula is C19H12ClFN2O2. The molecule has 4 nitrogen and oxygen atoms in total. The minimum atomic E-state index is -0.376. The quantitative estimate of drug-likeness (QED) is 0.497. The third-order valence-electron chi connectivity index (χ3n) is 3.97. The van der Waals surface area contributed by atoms with E-state index in [1.54, 1.807) is 24.5 Å². The maximum atomic E-state index is 13.7. The Balaban J connectivity index is 1.97. The van der Waals surface area contributed by atoms with Gasteiger partial charge in [-0.25, -0.2) is 4.39 Å². The number of aromatic nitrogens is 2. The van der Waals surface area contributed by atoms with Crippen LogP contribution in [0.2, 0.25) is 5.02 Å². The van der Waals surface area contributed by atoms with Crippen LogP contribution in [0.1, 0.15) is 0 Å². The summed E-state index contributed by atoms with van der Waals surface area (Å²) >= 11 is 6.28. The Hall–Kier alpha value is -2.92. The van der Waals surface area contributed by atoms with Crippen LogP contribution < -0.4 is 4.74 Å². The summed E-state index contributed by atoms with van der Waals surface area (Å²) in [5.41, 5.74) is 3.09. The summed E-state index contributed by atoms with van der Waals surface area (Å²) in [5, 5.41) is 5.44. The van der Waals surface area contributed by atoms with Crippen LogP contribution in [0.15, 0.2) is 59.4 Å². The number of methoxy groups -OCH3 is 1. The molecule has 4 aromatic rings. The van der Waals surface area contributed by atoms with Crippen LogP contribution in [-0.2, 0) is 0 Å². The summed E-state index contributed by atoms with van der Waals surface area (Å²) in [6, 6.07) is 11.6. The minimum absolute atomic E-state index is 0.376. The predicted molar refractivity (Wildman–Crippen MR) is 94.2 cm³/mol. The zero-order valence-corrected chi connectivity index (χ0v) is 13.9. The highest BCUT2D eigenvalue weighted by molar-refractivity contribution is 6.33. The third kappa shape index (κ3) is 2.62. The molecule has 0 unspecified atom stereocenters. The molecule has 4 rings (SSSR count). The van der Waals surface area contributed by atoms with Gasteiger partial charge in [-0.15, -0.1) is 0 Å². The lowest BCUT2D eigenvalue weighted by molar-refractivity contribution is 0.414. The molecule has 124 valence electrons. The summed E-state index contributed by atoms with van der Waals surface area (Å²) in [4.78, 5) is 4.12. The smallest absolute Gasteiger partial charge is 0.175 e. The Morgan fingerprint density at radius 2 is 1.96 bits per heavy atom. The van der Waals surface area contributed by atoms with Crippen LogP contribution in [0, 0.1) is 5.82 Å². The topological polar surface area (TPSA) is 48.2 Å². The minimum Gasteiger partial charge on any atom is -0.496 e. The van der Waals surface area contributed by atoms with E-state index in [9.17, 15) is 4.39 Å². The van der Waals surface area contributed by atoms with E-state index in [-0.39, 0.29) is 5.82 Å². The van der Waals surface area contributed by atoms with Gasteiger partial charge in [-0.05, 0) is 30.3 Å². The van der Waals surface area contributed by atoms with Gasteiger partial charge in [0.15, 0.2) is 5.58 Å². The number of pyridine rings is 1. The van der Waals surface area contributed by atoms with Gasteiger partial charge in [-0.3, -0.25) is 4.98 Å². The first-order chi connectivity index (χ1) is 12.2. The van der Waals surface area contributed by atoms with Gasteiger partial charge in [0.25, 0.3) is 0 Å². The van der Waals surface area contributed by atoms with Gasteiger partial charge in [0.2, 0.25) is 0 Å². The number of ether oxygens (including phenoxy) is 1. The Morgan fingerprint density at radius 1 is 1.08 bits per heavy atom. The summed E-state index contributed by atoms with van der Waals surface area (Å²) in [6.07, 6.45) is 3.29. The van der Waals surface area contributed by atoms with E-state index in [4.69, 9.17) is 20.9 Å². The number of benzene rings is 2. The molecule has 0 amide bonds. The lowest BCUT2D eigenvalue weighted by atomic mass is 10.0. The van der Waals surface area contributed by atoms with Crippen molar-refractivity contribution in [2.45, 2.75) is 0 Å². The summed E-state index contributed by atoms with van der Waals surface area (Å²) < 4.78 is 24.6. The molecular weight excluding hydrogens is 343 g/mol. The number of hydrogen-bond donors (Lipinski definition) is 0. The fourth-order valence-corrected chi connectivity index (χ4v) is 3.02. The molecule has 0 fully saturated rings. The van der Waals surface area contributed by atoms with E-state index >= 15 is 0 Å². The molecule has 2 aromatic heterocycles. The maximum Gasteiger partial charge on any atom is 0.175 e. The second-order valence-corrected chi connectivity index (χ2v) is 5.82. The molecule has 0 spiro atoms. The van der Waals surface area contributed by atoms with Gasteiger partial charge < -0.3 is 9.26 Å². The molecule has 0 bridgehead atoms. The first-order valence-electron chi connectivity index (χ1n) is 7.51. The van der Waals surface area contributed by atoms with E-state index < -0.39 is 0 Å². The molecule has 0 N–H and O–H groups in total. The summed E-state index contributed by atoms with van der Waals surface area (Å²) in [7, 11) is 1.53. The molecule has 0 aliphatic heterocycles. The lowest BCUT2D eigenvalue weighted by Crippen LogP contribution is -1.90. The molecule has 2 heterocycles. The first kappa shape index (κ1) is 15.6. The second-order valence-electron chi connectivity index (χ2n) is 5.41. The van der Waals surface area contributed by atoms with Crippen molar-refractivity contribution in [3.8, 4) is 28.1 Å². The number of nitrogens with zero attached hydrogens (tertiary/aromatic N) is 2. The van der Waals surface area contributed by atoms with Crippen molar-refractivity contribution in [3.63, 3.8) is 0 Å². The van der Waals surface area contributed by atoms with Crippen LogP contribution in [-0.4, -0.2) is 17.3 Å². The number of fused-ring (bicyclic) bond motifs is 1. The number of halogens is 2. The van der Waals surface area contributed by atoms with Crippen molar-refractivity contribution < 1.29 is 13.7 Å². The molecule has 0 saturated heterocycles. The van der Waals surface area contributed by atoms with E-state index in [1.165, 1.54) is 19.2 Å². The van der Waals surface area contributed by atoms with Crippen LogP contribution in [0.5, 0.6) is 5.75 Å². The van der Waals surface area contributed by atoms with Gasteiger partial charge >= 0.3 is 0 Å². The van der Waals surface area contributed by atoms with Crippen molar-refractivity contribution in [1.82, 2.24) is 10.1 Å². The van der Waals surface area contributed by atoms with Gasteiger partial charge in [-0.1, -0.05) is 28.9 Å². The highest BCUT2D eigenvalue weighted by Gasteiger charge is 2.19. The van der Waals surface area contributed by atoms with Crippen molar-refractivity contribution >= 4 is 22.6 Å². The molecule has 0 saturated carbocycles. The Morgan fingerprint density at radius 3 is 2.76 bits per heavy atom. The summed E-state index contributed by atoms with van der Waals surface area (Å²) in [6.45, 7) is 0. The Bertz CT molecular complexity index is 1080. The monoisotopic (exact) mass is 354 g/mol. The van der Waals surface area contributed by atoms with Gasteiger partial charge in [-0.2, -0.15) is 0 Å². The first-order valence-corrected chi connectivity index (χ1v) is 7.89. The third-order valence-corrected chi connectivity index (χ3v) is 4.30.